The number of carbonyl (C=O) groups excluding carboxylic acids is 1. The fourth-order valence-corrected chi connectivity index (χ4v) is 1.23. The highest BCUT2D eigenvalue weighted by atomic mass is 16.5. The maximum atomic E-state index is 11.4. The summed E-state index contributed by atoms with van der Waals surface area (Å²) in [5.41, 5.74) is 0. The van der Waals surface area contributed by atoms with Crippen molar-refractivity contribution in [1.82, 2.24) is 0 Å². The van der Waals surface area contributed by atoms with E-state index >= 15 is 0 Å². The average Bonchev–Trinajstić information content (AvgIpc) is 2.16. The molecule has 0 rings (SSSR count). The minimum atomic E-state index is -0.0420. The van der Waals surface area contributed by atoms with Gasteiger partial charge < -0.3 is 4.74 Å². The van der Waals surface area contributed by atoms with E-state index in [-0.39, 0.29) is 11.9 Å². The maximum absolute atomic E-state index is 11.4. The lowest BCUT2D eigenvalue weighted by molar-refractivity contribution is -0.148. The summed E-state index contributed by atoms with van der Waals surface area (Å²) >= 11 is 0. The molecule has 0 bridgehead atoms. The monoisotopic (exact) mass is 185 g/mol. The molecule has 2 nitrogen and oxygen atoms in total. The van der Waals surface area contributed by atoms with Gasteiger partial charge in [0.05, 0.1) is 12.5 Å². The summed E-state index contributed by atoms with van der Waals surface area (Å²) in [5.74, 6) is 0.0612. The summed E-state index contributed by atoms with van der Waals surface area (Å²) in [6.45, 7) is 8.25. The van der Waals surface area contributed by atoms with E-state index in [4.69, 9.17) is 4.74 Å². The van der Waals surface area contributed by atoms with Crippen LogP contribution in [0.5, 0.6) is 0 Å². The SMILES string of the molecule is [CH2]CCOC(=O)C(CC)CCCC. The third-order valence-electron chi connectivity index (χ3n) is 2.12. The van der Waals surface area contributed by atoms with Crippen molar-refractivity contribution in [2.24, 2.45) is 5.92 Å². The minimum Gasteiger partial charge on any atom is -0.465 e. The lowest BCUT2D eigenvalue weighted by Gasteiger charge is -2.12. The number of hydrogen-bond acceptors (Lipinski definition) is 2. The summed E-state index contributed by atoms with van der Waals surface area (Å²) in [4.78, 5) is 11.4. The molecule has 0 aromatic carbocycles. The van der Waals surface area contributed by atoms with E-state index in [1.54, 1.807) is 0 Å². The predicted octanol–water partition coefficient (Wildman–Crippen LogP) is 2.97. The largest absolute Gasteiger partial charge is 0.465 e. The Morgan fingerprint density at radius 1 is 1.46 bits per heavy atom. The molecule has 0 saturated heterocycles. The lowest BCUT2D eigenvalue weighted by atomic mass is 10.00. The van der Waals surface area contributed by atoms with Gasteiger partial charge in [0, 0.05) is 0 Å². The smallest absolute Gasteiger partial charge is 0.308 e. The molecule has 0 aliphatic heterocycles. The maximum Gasteiger partial charge on any atom is 0.308 e. The zero-order chi connectivity index (χ0) is 10.1. The molecule has 77 valence electrons. The summed E-state index contributed by atoms with van der Waals surface area (Å²) < 4.78 is 5.04. The van der Waals surface area contributed by atoms with E-state index in [0.717, 1.165) is 25.7 Å². The standard InChI is InChI=1S/C11H21O2/c1-4-7-8-10(6-3)11(12)13-9-5-2/h10H,2,4-9H2,1,3H3. The van der Waals surface area contributed by atoms with E-state index in [1.165, 1.54) is 0 Å². The number of carbonyl (C=O) groups is 1. The predicted molar refractivity (Wildman–Crippen MR) is 54.2 cm³/mol. The van der Waals surface area contributed by atoms with Gasteiger partial charge in [-0.15, -0.1) is 0 Å². The Morgan fingerprint density at radius 3 is 2.62 bits per heavy atom. The first-order valence-corrected chi connectivity index (χ1v) is 5.22. The van der Waals surface area contributed by atoms with E-state index in [2.05, 4.69) is 13.8 Å². The van der Waals surface area contributed by atoms with Gasteiger partial charge in [-0.3, -0.25) is 4.79 Å². The summed E-state index contributed by atoms with van der Waals surface area (Å²) in [6.07, 6.45) is 4.76. The summed E-state index contributed by atoms with van der Waals surface area (Å²) in [7, 11) is 0. The third-order valence-corrected chi connectivity index (χ3v) is 2.12. The Kier molecular flexibility index (Phi) is 7.76. The Bertz CT molecular complexity index is 132. The molecule has 0 amide bonds. The highest BCUT2D eigenvalue weighted by Gasteiger charge is 2.16. The molecule has 1 atom stereocenters. The molecule has 2 heteroatoms. The van der Waals surface area contributed by atoms with Crippen LogP contribution in [-0.2, 0) is 9.53 Å². The van der Waals surface area contributed by atoms with Crippen molar-refractivity contribution in [2.45, 2.75) is 46.0 Å². The van der Waals surface area contributed by atoms with Crippen LogP contribution in [0.4, 0.5) is 0 Å². The number of hydrogen-bond donors (Lipinski definition) is 0. The van der Waals surface area contributed by atoms with Crippen molar-refractivity contribution in [1.29, 1.82) is 0 Å². The third kappa shape index (κ3) is 5.67. The van der Waals surface area contributed by atoms with E-state index in [0.29, 0.717) is 13.0 Å². The van der Waals surface area contributed by atoms with Crippen LogP contribution in [0.3, 0.4) is 0 Å². The molecular weight excluding hydrogens is 164 g/mol. The van der Waals surface area contributed by atoms with E-state index < -0.39 is 0 Å². The van der Waals surface area contributed by atoms with Crippen LogP contribution < -0.4 is 0 Å². The highest BCUT2D eigenvalue weighted by Crippen LogP contribution is 2.14. The quantitative estimate of drug-likeness (QED) is 0.570. The lowest BCUT2D eigenvalue weighted by Crippen LogP contribution is -2.17. The van der Waals surface area contributed by atoms with Crippen LogP contribution in [-0.4, -0.2) is 12.6 Å². The average molecular weight is 185 g/mol. The Morgan fingerprint density at radius 2 is 2.15 bits per heavy atom. The summed E-state index contributed by atoms with van der Waals surface area (Å²) in [6, 6.07) is 0. The van der Waals surface area contributed by atoms with E-state index in [1.807, 2.05) is 6.92 Å². The molecular formula is C11H21O2. The van der Waals surface area contributed by atoms with Crippen molar-refractivity contribution in [3.05, 3.63) is 6.92 Å². The topological polar surface area (TPSA) is 26.3 Å². The van der Waals surface area contributed by atoms with Gasteiger partial charge in [0.15, 0.2) is 0 Å². The van der Waals surface area contributed by atoms with Gasteiger partial charge in [-0.25, -0.2) is 0 Å². The van der Waals surface area contributed by atoms with Gasteiger partial charge in [-0.1, -0.05) is 26.7 Å². The number of unbranched alkanes of at least 4 members (excludes halogenated alkanes) is 1. The van der Waals surface area contributed by atoms with Crippen molar-refractivity contribution in [3.8, 4) is 0 Å². The summed E-state index contributed by atoms with van der Waals surface area (Å²) in [5, 5.41) is 0. The van der Waals surface area contributed by atoms with Crippen molar-refractivity contribution < 1.29 is 9.53 Å². The van der Waals surface area contributed by atoms with Gasteiger partial charge >= 0.3 is 5.97 Å². The molecule has 0 aliphatic carbocycles. The zero-order valence-corrected chi connectivity index (χ0v) is 8.84. The molecule has 0 saturated carbocycles. The van der Waals surface area contributed by atoms with E-state index in [9.17, 15) is 4.79 Å². The Labute approximate surface area is 81.7 Å². The molecule has 0 spiro atoms. The Hall–Kier alpha value is -0.530. The van der Waals surface area contributed by atoms with Gasteiger partial charge in [-0.05, 0) is 26.2 Å². The molecule has 0 aromatic heterocycles. The fourth-order valence-electron chi connectivity index (χ4n) is 1.23. The van der Waals surface area contributed by atoms with Crippen LogP contribution in [0.15, 0.2) is 0 Å². The van der Waals surface area contributed by atoms with Crippen molar-refractivity contribution >= 4 is 5.97 Å². The molecule has 0 aromatic rings. The molecule has 0 aliphatic rings. The van der Waals surface area contributed by atoms with Gasteiger partial charge in [0.1, 0.15) is 0 Å². The zero-order valence-electron chi connectivity index (χ0n) is 8.84. The van der Waals surface area contributed by atoms with Crippen LogP contribution in [0.25, 0.3) is 0 Å². The van der Waals surface area contributed by atoms with Crippen LogP contribution in [0.2, 0.25) is 0 Å². The fraction of sp³-hybridized carbons (Fsp3) is 0.818. The van der Waals surface area contributed by atoms with Gasteiger partial charge in [-0.2, -0.15) is 0 Å². The first-order valence-electron chi connectivity index (χ1n) is 5.22. The molecule has 0 N–H and O–H groups in total. The van der Waals surface area contributed by atoms with Crippen LogP contribution >= 0.6 is 0 Å². The Balaban J connectivity index is 3.71. The highest BCUT2D eigenvalue weighted by molar-refractivity contribution is 5.72. The van der Waals surface area contributed by atoms with Gasteiger partial charge in [0.25, 0.3) is 0 Å². The van der Waals surface area contributed by atoms with Gasteiger partial charge in [0.2, 0.25) is 0 Å². The minimum absolute atomic E-state index is 0.0420. The van der Waals surface area contributed by atoms with Crippen molar-refractivity contribution in [3.63, 3.8) is 0 Å². The van der Waals surface area contributed by atoms with Crippen LogP contribution in [0.1, 0.15) is 46.0 Å². The van der Waals surface area contributed by atoms with Crippen molar-refractivity contribution in [2.75, 3.05) is 6.61 Å². The molecule has 13 heavy (non-hydrogen) atoms. The molecule has 0 heterocycles. The second-order valence-electron chi connectivity index (χ2n) is 3.27. The number of ether oxygens (including phenoxy) is 1. The number of rotatable bonds is 7. The molecule has 0 fully saturated rings. The van der Waals surface area contributed by atoms with Crippen LogP contribution in [0, 0.1) is 12.8 Å². The normalized spacial score (nSPS) is 12.5. The first kappa shape index (κ1) is 12.5. The second-order valence-corrected chi connectivity index (χ2v) is 3.27. The first-order chi connectivity index (χ1) is 6.26. The number of esters is 1. The molecule has 1 unspecified atom stereocenters. The molecule has 1 radical (unpaired) electrons. The second kappa shape index (κ2) is 8.09.